The molecule has 3 aromatic carbocycles. The van der Waals surface area contributed by atoms with Crippen LogP contribution in [0.2, 0.25) is 0 Å². The van der Waals surface area contributed by atoms with Crippen LogP contribution in [0.5, 0.6) is 11.5 Å². The molecule has 0 aliphatic carbocycles. The van der Waals surface area contributed by atoms with E-state index in [9.17, 15) is 4.79 Å². The van der Waals surface area contributed by atoms with E-state index in [2.05, 4.69) is 44.5 Å². The molecule has 8 heteroatoms. The van der Waals surface area contributed by atoms with Gasteiger partial charge in [-0.15, -0.1) is 0 Å². The molecule has 194 valence electrons. The van der Waals surface area contributed by atoms with Gasteiger partial charge in [0.15, 0.2) is 5.75 Å². The Labute approximate surface area is 229 Å². The molecule has 2 aromatic heterocycles. The quantitative estimate of drug-likeness (QED) is 0.269. The Balaban J connectivity index is 1.13. The highest BCUT2D eigenvalue weighted by Gasteiger charge is 2.23. The number of fused-ring (bicyclic) bond motifs is 3. The Hall–Kier alpha value is -4.27. The smallest absolute Gasteiger partial charge is 0.250 e. The van der Waals surface area contributed by atoms with Gasteiger partial charge < -0.3 is 24.7 Å². The molecule has 1 saturated heterocycles. The van der Waals surface area contributed by atoms with Crippen LogP contribution in [0.25, 0.3) is 22.2 Å². The van der Waals surface area contributed by atoms with Crippen LogP contribution >= 0.6 is 11.8 Å². The Bertz CT molecular complexity index is 1750. The first-order valence-electron chi connectivity index (χ1n) is 13.0. The lowest BCUT2D eigenvalue weighted by Gasteiger charge is -2.29. The van der Waals surface area contributed by atoms with Crippen LogP contribution in [0, 0.1) is 0 Å². The number of H-pyrrole nitrogens is 1. The highest BCUT2D eigenvalue weighted by atomic mass is 32.2. The summed E-state index contributed by atoms with van der Waals surface area (Å²) in [5.41, 5.74) is 5.51. The molecule has 0 spiro atoms. The molecule has 7 rings (SSSR count). The summed E-state index contributed by atoms with van der Waals surface area (Å²) in [6.07, 6.45) is 1.92. The number of ether oxygens (including phenoxy) is 2. The SMILES string of the molecule is O=c1cc(N2CCOCC2)cc(-c2cccc3c2Oc2ccc(NCc4cnc5ccccc5c4)cc2S3)[nH]1. The fourth-order valence-corrected chi connectivity index (χ4v) is 6.04. The fraction of sp³-hybridized carbons (Fsp3) is 0.161. The van der Waals surface area contributed by atoms with Crippen LogP contribution < -0.4 is 20.5 Å². The van der Waals surface area contributed by atoms with Gasteiger partial charge in [-0.05, 0) is 54.1 Å². The summed E-state index contributed by atoms with van der Waals surface area (Å²) in [6, 6.07) is 26.2. The molecule has 0 bridgehead atoms. The Kier molecular flexibility index (Phi) is 6.19. The lowest BCUT2D eigenvalue weighted by atomic mass is 10.1. The zero-order valence-electron chi connectivity index (χ0n) is 21.1. The van der Waals surface area contributed by atoms with E-state index in [1.54, 1.807) is 17.8 Å². The summed E-state index contributed by atoms with van der Waals surface area (Å²) < 4.78 is 11.9. The third-order valence-electron chi connectivity index (χ3n) is 6.99. The molecule has 2 aliphatic heterocycles. The monoisotopic (exact) mass is 534 g/mol. The Morgan fingerprint density at radius 1 is 0.949 bits per heavy atom. The second-order valence-corrected chi connectivity index (χ2v) is 10.7. The fourth-order valence-electron chi connectivity index (χ4n) is 5.02. The Morgan fingerprint density at radius 2 is 1.85 bits per heavy atom. The van der Waals surface area contributed by atoms with Crippen molar-refractivity contribution in [1.82, 2.24) is 9.97 Å². The van der Waals surface area contributed by atoms with E-state index in [0.29, 0.717) is 19.8 Å². The minimum atomic E-state index is -0.132. The van der Waals surface area contributed by atoms with Gasteiger partial charge in [0.2, 0.25) is 5.56 Å². The van der Waals surface area contributed by atoms with E-state index in [0.717, 1.165) is 73.5 Å². The van der Waals surface area contributed by atoms with Crippen LogP contribution in [0.3, 0.4) is 0 Å². The number of anilines is 2. The maximum atomic E-state index is 12.6. The van der Waals surface area contributed by atoms with Gasteiger partial charge in [-0.1, -0.05) is 36.0 Å². The molecule has 4 heterocycles. The molecule has 2 aliphatic rings. The Morgan fingerprint density at radius 3 is 2.77 bits per heavy atom. The van der Waals surface area contributed by atoms with Gasteiger partial charge in [0.1, 0.15) is 5.75 Å². The minimum absolute atomic E-state index is 0.132. The molecule has 0 radical (unpaired) electrons. The molecular formula is C31H26N4O3S. The molecule has 0 atom stereocenters. The van der Waals surface area contributed by atoms with Gasteiger partial charge in [-0.3, -0.25) is 9.78 Å². The molecule has 1 fully saturated rings. The lowest BCUT2D eigenvalue weighted by molar-refractivity contribution is 0.122. The first kappa shape index (κ1) is 23.8. The highest BCUT2D eigenvalue weighted by molar-refractivity contribution is 7.99. The topological polar surface area (TPSA) is 79.5 Å². The summed E-state index contributed by atoms with van der Waals surface area (Å²) >= 11 is 1.67. The molecule has 0 saturated carbocycles. The number of hydrogen-bond acceptors (Lipinski definition) is 7. The van der Waals surface area contributed by atoms with Crippen LogP contribution in [0.1, 0.15) is 5.56 Å². The van der Waals surface area contributed by atoms with Gasteiger partial charge in [-0.25, -0.2) is 0 Å². The number of nitrogens with zero attached hydrogens (tertiary/aromatic N) is 2. The van der Waals surface area contributed by atoms with Crippen LogP contribution in [-0.2, 0) is 11.3 Å². The number of morpholine rings is 1. The molecule has 39 heavy (non-hydrogen) atoms. The standard InChI is InChI=1S/C31H26N4O3S/c36-30-17-23(35-10-12-37-13-11-35)16-26(34-30)24-5-3-7-28-31(24)38-27-9-8-22(15-29(27)39-28)32-18-20-14-21-4-1-2-6-25(21)33-19-20/h1-9,14-17,19,32H,10-13,18H2,(H,34,36). The maximum absolute atomic E-state index is 12.6. The largest absolute Gasteiger partial charge is 0.454 e. The number of aromatic nitrogens is 2. The molecule has 5 aromatic rings. The predicted octanol–water partition coefficient (Wildman–Crippen LogP) is 6.30. The van der Waals surface area contributed by atoms with Crippen LogP contribution in [0.4, 0.5) is 11.4 Å². The zero-order valence-corrected chi connectivity index (χ0v) is 22.0. The number of pyridine rings is 2. The summed E-state index contributed by atoms with van der Waals surface area (Å²) in [4.78, 5) is 24.4. The third kappa shape index (κ3) is 4.84. The van der Waals surface area contributed by atoms with Crippen LogP contribution in [-0.4, -0.2) is 36.3 Å². The summed E-state index contributed by atoms with van der Waals surface area (Å²) in [5, 5.41) is 4.65. The van der Waals surface area contributed by atoms with Gasteiger partial charge in [0.05, 0.1) is 34.2 Å². The molecular weight excluding hydrogens is 508 g/mol. The van der Waals surface area contributed by atoms with E-state index in [-0.39, 0.29) is 5.56 Å². The van der Waals surface area contributed by atoms with E-state index in [1.165, 1.54) is 0 Å². The number of benzene rings is 3. The van der Waals surface area contributed by atoms with Crippen molar-refractivity contribution in [1.29, 1.82) is 0 Å². The second-order valence-electron chi connectivity index (χ2n) is 9.60. The third-order valence-corrected chi connectivity index (χ3v) is 8.07. The highest BCUT2D eigenvalue weighted by Crippen LogP contribution is 2.51. The van der Waals surface area contributed by atoms with Gasteiger partial charge in [0.25, 0.3) is 0 Å². The maximum Gasteiger partial charge on any atom is 0.250 e. The second kappa shape index (κ2) is 10.1. The van der Waals surface area contributed by atoms with Crippen molar-refractivity contribution in [3.63, 3.8) is 0 Å². The molecule has 7 nitrogen and oxygen atoms in total. The van der Waals surface area contributed by atoms with Crippen molar-refractivity contribution < 1.29 is 9.47 Å². The molecule has 2 N–H and O–H groups in total. The number of nitrogens with one attached hydrogen (secondary N) is 2. The minimum Gasteiger partial charge on any atom is -0.454 e. The van der Waals surface area contributed by atoms with Crippen molar-refractivity contribution in [2.75, 3.05) is 36.5 Å². The first-order valence-corrected chi connectivity index (χ1v) is 13.8. The van der Waals surface area contributed by atoms with Crippen molar-refractivity contribution in [2.24, 2.45) is 0 Å². The normalized spacial score (nSPS) is 14.4. The summed E-state index contributed by atoms with van der Waals surface area (Å²) in [5.74, 6) is 1.55. The van der Waals surface area contributed by atoms with Crippen molar-refractivity contribution in [2.45, 2.75) is 16.3 Å². The van der Waals surface area contributed by atoms with Crippen molar-refractivity contribution in [3.8, 4) is 22.8 Å². The van der Waals surface area contributed by atoms with Crippen molar-refractivity contribution in [3.05, 3.63) is 101 Å². The average molecular weight is 535 g/mol. The average Bonchev–Trinajstić information content (AvgIpc) is 2.98. The molecule has 0 amide bonds. The summed E-state index contributed by atoms with van der Waals surface area (Å²) in [6.45, 7) is 3.53. The molecule has 0 unspecified atom stereocenters. The summed E-state index contributed by atoms with van der Waals surface area (Å²) in [7, 11) is 0. The van der Waals surface area contributed by atoms with E-state index in [1.807, 2.05) is 54.7 Å². The predicted molar refractivity (Wildman–Crippen MR) is 155 cm³/mol. The number of aromatic amines is 1. The number of rotatable bonds is 5. The lowest BCUT2D eigenvalue weighted by Crippen LogP contribution is -2.36. The van der Waals surface area contributed by atoms with Gasteiger partial charge in [0, 0.05) is 54.2 Å². The number of hydrogen-bond donors (Lipinski definition) is 2. The van der Waals surface area contributed by atoms with Gasteiger partial charge in [-0.2, -0.15) is 0 Å². The number of para-hydroxylation sites is 2. The van der Waals surface area contributed by atoms with Gasteiger partial charge >= 0.3 is 0 Å². The first-order chi connectivity index (χ1) is 19.2. The van der Waals surface area contributed by atoms with Crippen molar-refractivity contribution >= 4 is 34.0 Å². The van der Waals surface area contributed by atoms with E-state index < -0.39 is 0 Å². The van der Waals surface area contributed by atoms with Crippen LogP contribution in [0.15, 0.2) is 99.6 Å². The zero-order chi connectivity index (χ0) is 26.2. The van der Waals surface area contributed by atoms with E-state index in [4.69, 9.17) is 9.47 Å². The van der Waals surface area contributed by atoms with E-state index >= 15 is 0 Å².